The van der Waals surface area contributed by atoms with Crippen LogP contribution in [0.3, 0.4) is 0 Å². The van der Waals surface area contributed by atoms with Crippen molar-refractivity contribution in [1.29, 1.82) is 0 Å². The van der Waals surface area contributed by atoms with Gasteiger partial charge in [-0.05, 0) is 35.8 Å². The lowest BCUT2D eigenvalue weighted by atomic mass is 9.93. The summed E-state index contributed by atoms with van der Waals surface area (Å²) in [6, 6.07) is 14.1. The number of hydrogen-bond acceptors (Lipinski definition) is 3. The zero-order valence-corrected chi connectivity index (χ0v) is 14.8. The topological polar surface area (TPSA) is 72.6 Å². The summed E-state index contributed by atoms with van der Waals surface area (Å²) in [6.45, 7) is 6.34. The van der Waals surface area contributed by atoms with Crippen molar-refractivity contribution in [2.75, 3.05) is 6.61 Å². The largest absolute Gasteiger partial charge is 0.488 e. The highest BCUT2D eigenvalue weighted by molar-refractivity contribution is 5.99. The second kappa shape index (κ2) is 7.44. The van der Waals surface area contributed by atoms with Gasteiger partial charge in [0.05, 0.1) is 5.56 Å². The van der Waals surface area contributed by atoms with E-state index in [1.807, 2.05) is 37.3 Å². The SMILES string of the molecule is C=C(C)COc1ccccc1C(=O)N1Cc2ccccc2CC1C(N)=O. The maximum atomic E-state index is 13.2. The fourth-order valence-corrected chi connectivity index (χ4v) is 3.12. The molecular weight excluding hydrogens is 328 g/mol. The van der Waals surface area contributed by atoms with Gasteiger partial charge in [-0.1, -0.05) is 43.0 Å². The quantitative estimate of drug-likeness (QED) is 0.843. The number of nitrogens with zero attached hydrogens (tertiary/aromatic N) is 1. The van der Waals surface area contributed by atoms with E-state index in [0.717, 1.165) is 16.7 Å². The summed E-state index contributed by atoms with van der Waals surface area (Å²) in [7, 11) is 0. The van der Waals surface area contributed by atoms with Crippen LogP contribution in [0.15, 0.2) is 60.7 Å². The van der Waals surface area contributed by atoms with E-state index in [4.69, 9.17) is 10.5 Å². The van der Waals surface area contributed by atoms with E-state index in [2.05, 4.69) is 6.58 Å². The molecule has 134 valence electrons. The highest BCUT2D eigenvalue weighted by Gasteiger charge is 2.34. The number of rotatable bonds is 5. The monoisotopic (exact) mass is 350 g/mol. The van der Waals surface area contributed by atoms with Crippen LogP contribution in [0.25, 0.3) is 0 Å². The fraction of sp³-hybridized carbons (Fsp3) is 0.238. The summed E-state index contributed by atoms with van der Waals surface area (Å²) in [5, 5.41) is 0. The van der Waals surface area contributed by atoms with Crippen molar-refractivity contribution >= 4 is 11.8 Å². The van der Waals surface area contributed by atoms with Crippen molar-refractivity contribution in [1.82, 2.24) is 4.90 Å². The highest BCUT2D eigenvalue weighted by Crippen LogP contribution is 2.28. The minimum Gasteiger partial charge on any atom is -0.488 e. The summed E-state index contributed by atoms with van der Waals surface area (Å²) < 4.78 is 5.71. The zero-order valence-electron chi connectivity index (χ0n) is 14.8. The van der Waals surface area contributed by atoms with Crippen LogP contribution in [0.5, 0.6) is 5.75 Å². The van der Waals surface area contributed by atoms with Gasteiger partial charge < -0.3 is 15.4 Å². The van der Waals surface area contributed by atoms with Gasteiger partial charge in [-0.25, -0.2) is 0 Å². The van der Waals surface area contributed by atoms with Crippen LogP contribution >= 0.6 is 0 Å². The third kappa shape index (κ3) is 3.61. The lowest BCUT2D eigenvalue weighted by Crippen LogP contribution is -2.51. The maximum Gasteiger partial charge on any atom is 0.258 e. The van der Waals surface area contributed by atoms with E-state index < -0.39 is 11.9 Å². The molecule has 0 saturated heterocycles. The van der Waals surface area contributed by atoms with Gasteiger partial charge in [0.25, 0.3) is 5.91 Å². The number of carbonyl (C=O) groups is 2. The first kappa shape index (κ1) is 17.7. The molecule has 2 N–H and O–H groups in total. The van der Waals surface area contributed by atoms with Gasteiger partial charge in [0.2, 0.25) is 5.91 Å². The van der Waals surface area contributed by atoms with Crippen molar-refractivity contribution < 1.29 is 14.3 Å². The van der Waals surface area contributed by atoms with Crippen molar-refractivity contribution in [3.8, 4) is 5.75 Å². The minimum atomic E-state index is -0.674. The average Bonchev–Trinajstić information content (AvgIpc) is 2.64. The van der Waals surface area contributed by atoms with Crippen molar-refractivity contribution in [3.05, 3.63) is 77.4 Å². The van der Waals surface area contributed by atoms with Gasteiger partial charge in [0, 0.05) is 13.0 Å². The highest BCUT2D eigenvalue weighted by atomic mass is 16.5. The van der Waals surface area contributed by atoms with E-state index in [1.165, 1.54) is 4.90 Å². The van der Waals surface area contributed by atoms with Gasteiger partial charge in [0.15, 0.2) is 0 Å². The Balaban J connectivity index is 1.93. The molecule has 0 fully saturated rings. The molecule has 2 amide bonds. The average molecular weight is 350 g/mol. The fourth-order valence-electron chi connectivity index (χ4n) is 3.12. The molecule has 1 atom stereocenters. The number of benzene rings is 2. The van der Waals surface area contributed by atoms with Crippen molar-refractivity contribution in [2.24, 2.45) is 5.73 Å². The lowest BCUT2D eigenvalue weighted by molar-refractivity contribution is -0.122. The Kier molecular flexibility index (Phi) is 5.07. The van der Waals surface area contributed by atoms with Crippen molar-refractivity contribution in [3.63, 3.8) is 0 Å². The second-order valence-electron chi connectivity index (χ2n) is 6.57. The number of nitrogens with two attached hydrogens (primary N) is 1. The Morgan fingerprint density at radius 1 is 1.15 bits per heavy atom. The summed E-state index contributed by atoms with van der Waals surface area (Å²) in [5.41, 5.74) is 8.94. The molecule has 5 heteroatoms. The Morgan fingerprint density at radius 3 is 2.50 bits per heavy atom. The van der Waals surface area contributed by atoms with Crippen LogP contribution in [-0.2, 0) is 17.8 Å². The third-order valence-electron chi connectivity index (χ3n) is 4.43. The first-order valence-electron chi connectivity index (χ1n) is 8.50. The predicted octanol–water partition coefficient (Wildman–Crippen LogP) is 2.69. The van der Waals surface area contributed by atoms with Crippen LogP contribution in [0.4, 0.5) is 0 Å². The molecule has 3 rings (SSSR count). The molecule has 1 aliphatic rings. The van der Waals surface area contributed by atoms with Gasteiger partial charge in [0.1, 0.15) is 18.4 Å². The van der Waals surface area contributed by atoms with Crippen LogP contribution in [-0.4, -0.2) is 29.4 Å². The van der Waals surface area contributed by atoms with Crippen LogP contribution < -0.4 is 10.5 Å². The van der Waals surface area contributed by atoms with Crippen LogP contribution in [0, 0.1) is 0 Å². The number of carbonyl (C=O) groups excluding carboxylic acids is 2. The molecule has 26 heavy (non-hydrogen) atoms. The van der Waals surface area contributed by atoms with Crippen molar-refractivity contribution in [2.45, 2.75) is 25.9 Å². The predicted molar refractivity (Wildman–Crippen MR) is 99.8 cm³/mol. The zero-order chi connectivity index (χ0) is 18.7. The molecule has 0 bridgehead atoms. The Bertz CT molecular complexity index is 860. The third-order valence-corrected chi connectivity index (χ3v) is 4.43. The van der Waals surface area contributed by atoms with Gasteiger partial charge in [-0.3, -0.25) is 9.59 Å². The normalized spacial score (nSPS) is 15.9. The Hall–Kier alpha value is -3.08. The lowest BCUT2D eigenvalue weighted by Gasteiger charge is -2.35. The van der Waals surface area contributed by atoms with Gasteiger partial charge >= 0.3 is 0 Å². The van der Waals surface area contributed by atoms with E-state index >= 15 is 0 Å². The molecule has 2 aromatic carbocycles. The van der Waals surface area contributed by atoms with Crippen LogP contribution in [0.2, 0.25) is 0 Å². The van der Waals surface area contributed by atoms with Gasteiger partial charge in [-0.15, -0.1) is 0 Å². The number of primary amides is 1. The molecule has 1 unspecified atom stereocenters. The van der Waals surface area contributed by atoms with E-state index in [-0.39, 0.29) is 5.91 Å². The summed E-state index contributed by atoms with van der Waals surface area (Å²) >= 11 is 0. The number of fused-ring (bicyclic) bond motifs is 1. The van der Waals surface area contributed by atoms with E-state index in [1.54, 1.807) is 18.2 Å². The van der Waals surface area contributed by atoms with E-state index in [0.29, 0.717) is 30.9 Å². The smallest absolute Gasteiger partial charge is 0.258 e. The molecule has 0 spiro atoms. The maximum absolute atomic E-state index is 13.2. The Morgan fingerprint density at radius 2 is 1.81 bits per heavy atom. The molecule has 1 aliphatic heterocycles. The number of amides is 2. The molecule has 0 radical (unpaired) electrons. The minimum absolute atomic E-state index is 0.263. The van der Waals surface area contributed by atoms with Crippen LogP contribution in [0.1, 0.15) is 28.4 Å². The summed E-state index contributed by atoms with van der Waals surface area (Å²) in [4.78, 5) is 26.7. The number of para-hydroxylation sites is 1. The number of hydrogen-bond donors (Lipinski definition) is 1. The molecule has 0 aromatic heterocycles. The molecular formula is C21H22N2O3. The molecule has 1 heterocycles. The summed E-state index contributed by atoms with van der Waals surface area (Å²) in [6.07, 6.45) is 0.423. The molecule has 0 aliphatic carbocycles. The second-order valence-corrected chi connectivity index (χ2v) is 6.57. The molecule has 2 aromatic rings. The molecule has 5 nitrogen and oxygen atoms in total. The molecule has 0 saturated carbocycles. The van der Waals surface area contributed by atoms with Gasteiger partial charge in [-0.2, -0.15) is 0 Å². The Labute approximate surface area is 153 Å². The van der Waals surface area contributed by atoms with E-state index in [9.17, 15) is 9.59 Å². The first-order valence-corrected chi connectivity index (χ1v) is 8.50. The first-order chi connectivity index (χ1) is 12.5. The summed E-state index contributed by atoms with van der Waals surface area (Å²) in [5.74, 6) is -0.295. The standard InChI is InChI=1S/C21H22N2O3/c1-14(2)13-26-19-10-6-5-9-17(19)21(25)23-12-16-8-4-3-7-15(16)11-18(23)20(22)24/h3-10,18H,1,11-13H2,2H3,(H2,22,24). The number of ether oxygens (including phenoxy) is 1.